The molecule has 1 heterocycles. The monoisotopic (exact) mass is 250 g/mol. The maximum atomic E-state index is 11.5. The molecular formula is C14H22N2O2. The second-order valence-corrected chi connectivity index (χ2v) is 5.16. The first kappa shape index (κ1) is 13.1. The standard InChI is InChI=1S/C14H22N2O2/c1-16(10-11-7-8-15-9-11)13-5-3-12(4-6-13)14(17)18-2/h7-9,12-13,15H,3-6,10H2,1-2H3. The molecule has 1 N–H and O–H groups in total. The van der Waals surface area contributed by atoms with Crippen LogP contribution in [0, 0.1) is 5.92 Å². The third-order valence-corrected chi connectivity index (χ3v) is 3.95. The molecular weight excluding hydrogens is 228 g/mol. The molecule has 100 valence electrons. The number of aromatic amines is 1. The fourth-order valence-corrected chi connectivity index (χ4v) is 2.79. The van der Waals surface area contributed by atoms with Gasteiger partial charge in [0.2, 0.25) is 0 Å². The molecule has 1 aliphatic rings. The molecule has 0 aliphatic heterocycles. The highest BCUT2D eigenvalue weighted by Gasteiger charge is 2.28. The lowest BCUT2D eigenvalue weighted by atomic mass is 9.85. The van der Waals surface area contributed by atoms with E-state index in [1.54, 1.807) is 0 Å². The van der Waals surface area contributed by atoms with Gasteiger partial charge in [0.25, 0.3) is 0 Å². The number of rotatable bonds is 4. The Bertz CT molecular complexity index is 367. The van der Waals surface area contributed by atoms with Crippen LogP contribution in [0.15, 0.2) is 18.5 Å². The summed E-state index contributed by atoms with van der Waals surface area (Å²) in [7, 11) is 3.64. The number of H-pyrrole nitrogens is 1. The van der Waals surface area contributed by atoms with Crippen LogP contribution < -0.4 is 0 Å². The molecule has 0 bridgehead atoms. The Hall–Kier alpha value is -1.29. The molecule has 0 spiro atoms. The van der Waals surface area contributed by atoms with Crippen LogP contribution in [0.25, 0.3) is 0 Å². The largest absolute Gasteiger partial charge is 0.469 e. The molecule has 18 heavy (non-hydrogen) atoms. The Labute approximate surface area is 108 Å². The molecule has 0 atom stereocenters. The Morgan fingerprint density at radius 1 is 1.44 bits per heavy atom. The second-order valence-electron chi connectivity index (χ2n) is 5.16. The summed E-state index contributed by atoms with van der Waals surface area (Å²) >= 11 is 0. The van der Waals surface area contributed by atoms with Crippen molar-refractivity contribution in [2.45, 2.75) is 38.3 Å². The average molecular weight is 250 g/mol. The first-order valence-corrected chi connectivity index (χ1v) is 6.60. The maximum Gasteiger partial charge on any atom is 0.308 e. The van der Waals surface area contributed by atoms with Crippen molar-refractivity contribution in [3.63, 3.8) is 0 Å². The lowest BCUT2D eigenvalue weighted by molar-refractivity contribution is -0.146. The van der Waals surface area contributed by atoms with Crippen LogP contribution in [0.2, 0.25) is 0 Å². The third-order valence-electron chi connectivity index (χ3n) is 3.95. The number of nitrogens with one attached hydrogen (secondary N) is 1. The Morgan fingerprint density at radius 2 is 2.17 bits per heavy atom. The van der Waals surface area contributed by atoms with Gasteiger partial charge in [-0.3, -0.25) is 9.69 Å². The van der Waals surface area contributed by atoms with E-state index in [4.69, 9.17) is 4.74 Å². The topological polar surface area (TPSA) is 45.3 Å². The molecule has 0 aromatic carbocycles. The predicted molar refractivity (Wildman–Crippen MR) is 70.0 cm³/mol. The van der Waals surface area contributed by atoms with E-state index < -0.39 is 0 Å². The normalized spacial score (nSPS) is 24.2. The lowest BCUT2D eigenvalue weighted by Crippen LogP contribution is -2.36. The summed E-state index contributed by atoms with van der Waals surface area (Å²) in [6.45, 7) is 0.969. The molecule has 0 unspecified atom stereocenters. The number of hydrogen-bond donors (Lipinski definition) is 1. The van der Waals surface area contributed by atoms with Gasteiger partial charge in [0.05, 0.1) is 13.0 Å². The summed E-state index contributed by atoms with van der Waals surface area (Å²) in [5.74, 6) is 0.0775. The number of hydrogen-bond acceptors (Lipinski definition) is 3. The molecule has 1 aliphatic carbocycles. The minimum Gasteiger partial charge on any atom is -0.469 e. The minimum atomic E-state index is -0.0401. The van der Waals surface area contributed by atoms with Crippen molar-refractivity contribution in [1.82, 2.24) is 9.88 Å². The highest BCUT2D eigenvalue weighted by Crippen LogP contribution is 2.28. The molecule has 1 aromatic rings. The molecule has 0 radical (unpaired) electrons. The van der Waals surface area contributed by atoms with Crippen molar-refractivity contribution < 1.29 is 9.53 Å². The number of nitrogens with zero attached hydrogens (tertiary/aromatic N) is 1. The summed E-state index contributed by atoms with van der Waals surface area (Å²) in [5.41, 5.74) is 1.31. The molecule has 2 rings (SSSR count). The molecule has 4 nitrogen and oxygen atoms in total. The summed E-state index contributed by atoms with van der Waals surface area (Å²) in [6.07, 6.45) is 8.07. The molecule has 4 heteroatoms. The van der Waals surface area contributed by atoms with E-state index in [1.165, 1.54) is 12.7 Å². The van der Waals surface area contributed by atoms with Crippen molar-refractivity contribution in [3.8, 4) is 0 Å². The number of ether oxygens (including phenoxy) is 1. The number of carbonyl (C=O) groups is 1. The number of carbonyl (C=O) groups excluding carboxylic acids is 1. The van der Waals surface area contributed by atoms with E-state index in [9.17, 15) is 4.79 Å². The van der Waals surface area contributed by atoms with E-state index in [0.717, 1.165) is 32.2 Å². The fraction of sp³-hybridized carbons (Fsp3) is 0.643. The van der Waals surface area contributed by atoms with Gasteiger partial charge in [0, 0.05) is 25.0 Å². The van der Waals surface area contributed by atoms with Gasteiger partial charge in [-0.15, -0.1) is 0 Å². The second kappa shape index (κ2) is 6.05. The van der Waals surface area contributed by atoms with Gasteiger partial charge in [-0.05, 0) is 44.4 Å². The van der Waals surface area contributed by atoms with Crippen LogP contribution >= 0.6 is 0 Å². The lowest BCUT2D eigenvalue weighted by Gasteiger charge is -2.33. The van der Waals surface area contributed by atoms with Gasteiger partial charge < -0.3 is 9.72 Å². The van der Waals surface area contributed by atoms with Gasteiger partial charge in [-0.2, -0.15) is 0 Å². The average Bonchev–Trinajstić information content (AvgIpc) is 2.91. The summed E-state index contributed by atoms with van der Waals surface area (Å²) < 4.78 is 4.81. The predicted octanol–water partition coefficient (Wildman–Crippen LogP) is 2.18. The van der Waals surface area contributed by atoms with Gasteiger partial charge >= 0.3 is 5.97 Å². The molecule has 0 saturated heterocycles. The van der Waals surface area contributed by atoms with Gasteiger partial charge in [-0.25, -0.2) is 0 Å². The van der Waals surface area contributed by atoms with Gasteiger partial charge in [0.1, 0.15) is 0 Å². The van der Waals surface area contributed by atoms with Crippen molar-refractivity contribution in [2.75, 3.05) is 14.2 Å². The van der Waals surface area contributed by atoms with Crippen molar-refractivity contribution in [2.24, 2.45) is 5.92 Å². The van der Waals surface area contributed by atoms with E-state index in [2.05, 4.69) is 23.0 Å². The third kappa shape index (κ3) is 3.13. The molecule has 0 amide bonds. The van der Waals surface area contributed by atoms with Crippen molar-refractivity contribution in [3.05, 3.63) is 24.0 Å². The first-order chi connectivity index (χ1) is 8.70. The van der Waals surface area contributed by atoms with Crippen LogP contribution in [-0.4, -0.2) is 36.1 Å². The molecule has 1 aromatic heterocycles. The van der Waals surface area contributed by atoms with E-state index >= 15 is 0 Å². The van der Waals surface area contributed by atoms with Crippen molar-refractivity contribution >= 4 is 5.97 Å². The fourth-order valence-electron chi connectivity index (χ4n) is 2.79. The first-order valence-electron chi connectivity index (χ1n) is 6.60. The smallest absolute Gasteiger partial charge is 0.308 e. The van der Waals surface area contributed by atoms with Crippen LogP contribution in [0.1, 0.15) is 31.2 Å². The van der Waals surface area contributed by atoms with E-state index in [-0.39, 0.29) is 11.9 Å². The number of esters is 1. The zero-order chi connectivity index (χ0) is 13.0. The van der Waals surface area contributed by atoms with Crippen LogP contribution in [0.4, 0.5) is 0 Å². The number of aromatic nitrogens is 1. The number of methoxy groups -OCH3 is 1. The maximum absolute atomic E-state index is 11.5. The Kier molecular flexibility index (Phi) is 4.42. The quantitative estimate of drug-likeness (QED) is 0.833. The van der Waals surface area contributed by atoms with Crippen LogP contribution in [-0.2, 0) is 16.1 Å². The van der Waals surface area contributed by atoms with Crippen LogP contribution in [0.3, 0.4) is 0 Å². The Balaban J connectivity index is 1.80. The zero-order valence-electron chi connectivity index (χ0n) is 11.2. The van der Waals surface area contributed by atoms with E-state index in [0.29, 0.717) is 6.04 Å². The van der Waals surface area contributed by atoms with Gasteiger partial charge in [-0.1, -0.05) is 0 Å². The van der Waals surface area contributed by atoms with E-state index in [1.807, 2.05) is 12.4 Å². The van der Waals surface area contributed by atoms with Crippen LogP contribution in [0.5, 0.6) is 0 Å². The highest BCUT2D eigenvalue weighted by molar-refractivity contribution is 5.72. The molecule has 1 fully saturated rings. The summed E-state index contributed by atoms with van der Waals surface area (Å²) in [6, 6.07) is 2.69. The summed E-state index contributed by atoms with van der Waals surface area (Å²) in [5, 5.41) is 0. The minimum absolute atomic E-state index is 0.0401. The molecule has 1 saturated carbocycles. The zero-order valence-corrected chi connectivity index (χ0v) is 11.2. The Morgan fingerprint density at radius 3 is 2.72 bits per heavy atom. The van der Waals surface area contributed by atoms with Gasteiger partial charge in [0.15, 0.2) is 0 Å². The highest BCUT2D eigenvalue weighted by atomic mass is 16.5. The summed E-state index contributed by atoms with van der Waals surface area (Å²) in [4.78, 5) is 16.9. The van der Waals surface area contributed by atoms with Crippen molar-refractivity contribution in [1.29, 1.82) is 0 Å². The SMILES string of the molecule is COC(=O)C1CCC(N(C)Cc2cc[nH]c2)CC1.